The predicted octanol–water partition coefficient (Wildman–Crippen LogP) is 3.29. The van der Waals surface area contributed by atoms with Crippen LogP contribution in [0.15, 0.2) is 35.5 Å². The quantitative estimate of drug-likeness (QED) is 0.843. The van der Waals surface area contributed by atoms with Gasteiger partial charge < -0.3 is 5.32 Å². The van der Waals surface area contributed by atoms with Crippen LogP contribution in [0.5, 0.6) is 0 Å². The molecule has 2 aromatic rings. The zero-order chi connectivity index (χ0) is 12.8. The first-order valence-corrected chi connectivity index (χ1v) is 7.13. The van der Waals surface area contributed by atoms with Gasteiger partial charge in [0.25, 0.3) is 0 Å². The van der Waals surface area contributed by atoms with E-state index in [1.807, 2.05) is 37.3 Å². The van der Waals surface area contributed by atoms with E-state index < -0.39 is 0 Å². The maximum Gasteiger partial charge on any atom is 0.325 e. The zero-order valence-corrected chi connectivity index (χ0v) is 11.3. The van der Waals surface area contributed by atoms with E-state index in [0.717, 1.165) is 11.4 Å². The molecule has 2 rings (SSSR count). The van der Waals surface area contributed by atoms with Gasteiger partial charge in [0.15, 0.2) is 0 Å². The summed E-state index contributed by atoms with van der Waals surface area (Å²) in [4.78, 5) is 15.8. The Morgan fingerprint density at radius 3 is 2.83 bits per heavy atom. The Bertz CT molecular complexity index is 515. The van der Waals surface area contributed by atoms with Gasteiger partial charge in [-0.3, -0.25) is 5.32 Å². The van der Waals surface area contributed by atoms with Crippen LogP contribution in [0, 0.1) is 0 Å². The summed E-state index contributed by atoms with van der Waals surface area (Å²) in [5.41, 5.74) is 0.739. The highest BCUT2D eigenvalue weighted by Gasteiger charge is 2.07. The number of para-hydroxylation sites is 1. The Morgan fingerprint density at radius 2 is 2.11 bits per heavy atom. The molecule has 0 saturated carbocycles. The minimum Gasteiger partial charge on any atom is -0.308 e. The van der Waals surface area contributed by atoms with Gasteiger partial charge in [-0.1, -0.05) is 36.9 Å². The highest BCUT2D eigenvalue weighted by molar-refractivity contribution is 7.99. The topological polar surface area (TPSA) is 66.9 Å². The lowest BCUT2D eigenvalue weighted by atomic mass is 10.3. The van der Waals surface area contributed by atoms with Crippen molar-refractivity contribution in [1.82, 2.24) is 9.36 Å². The smallest absolute Gasteiger partial charge is 0.308 e. The first kappa shape index (κ1) is 12.8. The molecular formula is C11H12N4OS2. The fourth-order valence-corrected chi connectivity index (χ4v) is 2.49. The van der Waals surface area contributed by atoms with Crippen LogP contribution in [0.25, 0.3) is 0 Å². The van der Waals surface area contributed by atoms with E-state index >= 15 is 0 Å². The van der Waals surface area contributed by atoms with Crippen LogP contribution in [0.1, 0.15) is 6.92 Å². The molecule has 7 heteroatoms. The van der Waals surface area contributed by atoms with Crippen molar-refractivity contribution in [3.05, 3.63) is 30.3 Å². The van der Waals surface area contributed by atoms with E-state index in [1.54, 1.807) is 11.8 Å². The number of hydrogen-bond acceptors (Lipinski definition) is 5. The Hall–Kier alpha value is -1.60. The molecule has 5 nitrogen and oxygen atoms in total. The number of nitrogens with one attached hydrogen (secondary N) is 2. The molecule has 2 amide bonds. The van der Waals surface area contributed by atoms with Crippen molar-refractivity contribution >= 4 is 40.1 Å². The van der Waals surface area contributed by atoms with E-state index in [4.69, 9.17) is 0 Å². The maximum atomic E-state index is 11.7. The summed E-state index contributed by atoms with van der Waals surface area (Å²) >= 11 is 2.72. The van der Waals surface area contributed by atoms with Gasteiger partial charge in [0.1, 0.15) is 0 Å². The lowest BCUT2D eigenvalue weighted by molar-refractivity contribution is 0.262. The summed E-state index contributed by atoms with van der Waals surface area (Å²) in [6.45, 7) is 2.03. The van der Waals surface area contributed by atoms with Gasteiger partial charge in [0.05, 0.1) is 0 Å². The third-order valence-corrected chi connectivity index (χ3v) is 3.41. The Morgan fingerprint density at radius 1 is 1.33 bits per heavy atom. The molecule has 1 aromatic heterocycles. The molecule has 0 aliphatic carbocycles. The van der Waals surface area contributed by atoms with Gasteiger partial charge >= 0.3 is 6.03 Å². The van der Waals surface area contributed by atoms with Crippen LogP contribution < -0.4 is 10.6 Å². The number of thioether (sulfide) groups is 1. The van der Waals surface area contributed by atoms with Crippen molar-refractivity contribution in [2.75, 3.05) is 16.4 Å². The van der Waals surface area contributed by atoms with Crippen molar-refractivity contribution < 1.29 is 4.79 Å². The molecule has 0 aliphatic rings. The van der Waals surface area contributed by atoms with Crippen LogP contribution in [-0.2, 0) is 0 Å². The van der Waals surface area contributed by atoms with Crippen LogP contribution in [0.3, 0.4) is 0 Å². The van der Waals surface area contributed by atoms with Crippen molar-refractivity contribution in [2.24, 2.45) is 0 Å². The molecular weight excluding hydrogens is 268 g/mol. The van der Waals surface area contributed by atoms with Crippen LogP contribution in [-0.4, -0.2) is 21.1 Å². The number of aromatic nitrogens is 2. The third-order valence-electron chi connectivity index (χ3n) is 1.93. The largest absolute Gasteiger partial charge is 0.325 e. The Kier molecular flexibility index (Phi) is 4.54. The molecule has 0 saturated heterocycles. The number of rotatable bonds is 4. The molecule has 0 bridgehead atoms. The fraction of sp³-hybridized carbons (Fsp3) is 0.182. The molecule has 94 valence electrons. The highest BCUT2D eigenvalue weighted by atomic mass is 32.2. The number of anilines is 2. The molecule has 1 aromatic carbocycles. The number of amides is 2. The van der Waals surface area contributed by atoms with Gasteiger partial charge in [-0.05, 0) is 17.9 Å². The predicted molar refractivity (Wildman–Crippen MR) is 75.4 cm³/mol. The molecule has 0 radical (unpaired) electrons. The molecule has 0 aliphatic heterocycles. The second kappa shape index (κ2) is 6.36. The lowest BCUT2D eigenvalue weighted by Crippen LogP contribution is -2.19. The minimum absolute atomic E-state index is 0.314. The van der Waals surface area contributed by atoms with E-state index in [-0.39, 0.29) is 6.03 Å². The van der Waals surface area contributed by atoms with Crippen LogP contribution in [0.2, 0.25) is 0 Å². The zero-order valence-electron chi connectivity index (χ0n) is 9.71. The van der Waals surface area contributed by atoms with Gasteiger partial charge in [0, 0.05) is 17.2 Å². The summed E-state index contributed by atoms with van der Waals surface area (Å²) in [6.07, 6.45) is 0. The molecule has 0 spiro atoms. The number of carbonyl (C=O) groups is 1. The van der Waals surface area contributed by atoms with Gasteiger partial charge in [-0.25, -0.2) is 4.79 Å². The first-order valence-electron chi connectivity index (χ1n) is 5.37. The van der Waals surface area contributed by atoms with Gasteiger partial charge in [-0.15, -0.1) is 0 Å². The second-order valence-corrected chi connectivity index (χ2v) is 5.24. The van der Waals surface area contributed by atoms with Gasteiger partial charge in [-0.2, -0.15) is 9.36 Å². The summed E-state index contributed by atoms with van der Waals surface area (Å²) in [5, 5.41) is 6.56. The van der Waals surface area contributed by atoms with Crippen LogP contribution >= 0.6 is 23.3 Å². The Labute approximate surface area is 113 Å². The molecule has 18 heavy (non-hydrogen) atoms. The standard InChI is InChI=1S/C11H12N4OS2/c1-2-17-11-14-10(18-15-11)13-9(16)12-8-6-4-3-5-7-8/h3-7H,2H2,1H3,(H2,12,13,14,15,16). The first-order chi connectivity index (χ1) is 8.78. The van der Waals surface area contributed by atoms with E-state index in [1.165, 1.54) is 11.5 Å². The van der Waals surface area contributed by atoms with Gasteiger partial charge in [0.2, 0.25) is 10.3 Å². The molecule has 0 unspecified atom stereocenters. The number of hydrogen-bond donors (Lipinski definition) is 2. The average molecular weight is 280 g/mol. The van der Waals surface area contributed by atoms with Crippen molar-refractivity contribution in [3.63, 3.8) is 0 Å². The molecule has 0 atom stereocenters. The summed E-state index contributed by atoms with van der Waals surface area (Å²) in [6, 6.07) is 8.93. The number of nitrogens with zero attached hydrogens (tertiary/aromatic N) is 2. The lowest BCUT2D eigenvalue weighted by Gasteiger charge is -2.03. The highest BCUT2D eigenvalue weighted by Crippen LogP contribution is 2.19. The normalized spacial score (nSPS) is 10.1. The third kappa shape index (κ3) is 3.71. The van der Waals surface area contributed by atoms with Crippen LogP contribution in [0.4, 0.5) is 15.6 Å². The fourth-order valence-electron chi connectivity index (χ4n) is 1.23. The average Bonchev–Trinajstić information content (AvgIpc) is 2.78. The molecule has 0 fully saturated rings. The van der Waals surface area contributed by atoms with Crippen molar-refractivity contribution in [1.29, 1.82) is 0 Å². The molecule has 1 heterocycles. The second-order valence-electron chi connectivity index (χ2n) is 3.26. The minimum atomic E-state index is -0.314. The van der Waals surface area contributed by atoms with Crippen molar-refractivity contribution in [3.8, 4) is 0 Å². The Balaban J connectivity index is 1.90. The molecule has 2 N–H and O–H groups in total. The monoisotopic (exact) mass is 280 g/mol. The van der Waals surface area contributed by atoms with Crippen molar-refractivity contribution in [2.45, 2.75) is 12.1 Å². The summed E-state index contributed by atoms with van der Waals surface area (Å²) in [5.74, 6) is 0.909. The summed E-state index contributed by atoms with van der Waals surface area (Å²) < 4.78 is 4.12. The SMILES string of the molecule is CCSc1nsc(NC(=O)Nc2ccccc2)n1. The maximum absolute atomic E-state index is 11.7. The van der Waals surface area contributed by atoms with E-state index in [0.29, 0.717) is 10.3 Å². The number of benzene rings is 1. The summed E-state index contributed by atoms with van der Waals surface area (Å²) in [7, 11) is 0. The number of urea groups is 1. The van der Waals surface area contributed by atoms with E-state index in [2.05, 4.69) is 20.0 Å². The number of carbonyl (C=O) groups excluding carboxylic acids is 1. The van der Waals surface area contributed by atoms with E-state index in [9.17, 15) is 4.79 Å².